The summed E-state index contributed by atoms with van der Waals surface area (Å²) in [5.41, 5.74) is 0.395. The van der Waals surface area contributed by atoms with Gasteiger partial charge >= 0.3 is 0 Å². The predicted octanol–water partition coefficient (Wildman–Crippen LogP) is 3.14. The molecule has 1 rings (SSSR count). The molecule has 0 bridgehead atoms. The Balaban J connectivity index is 2.41. The quantitative estimate of drug-likeness (QED) is 0.535. The molecule has 0 aromatic rings. The van der Waals surface area contributed by atoms with Crippen LogP contribution in [0, 0.1) is 5.41 Å². The fraction of sp³-hybridized carbons (Fsp3) is 0.800. The van der Waals surface area contributed by atoms with Crippen molar-refractivity contribution in [1.29, 1.82) is 0 Å². The van der Waals surface area contributed by atoms with Crippen LogP contribution < -0.4 is 0 Å². The van der Waals surface area contributed by atoms with E-state index in [0.717, 1.165) is 25.0 Å². The molecule has 1 aliphatic heterocycles. The van der Waals surface area contributed by atoms with Gasteiger partial charge in [0.05, 0.1) is 6.61 Å². The third-order valence-corrected chi connectivity index (χ3v) is 3.76. The Morgan fingerprint density at radius 2 is 2.42 bits per heavy atom. The van der Waals surface area contributed by atoms with E-state index in [0.29, 0.717) is 5.41 Å². The van der Waals surface area contributed by atoms with Gasteiger partial charge in [-0.05, 0) is 25.7 Å². The van der Waals surface area contributed by atoms with Gasteiger partial charge in [0.2, 0.25) is 0 Å². The van der Waals surface area contributed by atoms with Crippen LogP contribution in [0.2, 0.25) is 0 Å². The SMILES string of the molecule is C=CCCC1(CBr)CCCOC1. The van der Waals surface area contributed by atoms with Crippen molar-refractivity contribution in [3.63, 3.8) is 0 Å². The molecule has 1 heterocycles. The van der Waals surface area contributed by atoms with Crippen molar-refractivity contribution in [1.82, 2.24) is 0 Å². The van der Waals surface area contributed by atoms with Crippen LogP contribution in [0.25, 0.3) is 0 Å². The maximum atomic E-state index is 5.51. The molecular formula is C10H17BrO. The van der Waals surface area contributed by atoms with Crippen molar-refractivity contribution in [2.24, 2.45) is 5.41 Å². The summed E-state index contributed by atoms with van der Waals surface area (Å²) in [5, 5.41) is 1.06. The van der Waals surface area contributed by atoms with Crippen molar-refractivity contribution < 1.29 is 4.74 Å². The summed E-state index contributed by atoms with van der Waals surface area (Å²) in [7, 11) is 0. The summed E-state index contributed by atoms with van der Waals surface area (Å²) >= 11 is 3.58. The lowest BCUT2D eigenvalue weighted by Gasteiger charge is -2.35. The lowest BCUT2D eigenvalue weighted by atomic mass is 9.80. The fourth-order valence-electron chi connectivity index (χ4n) is 1.69. The second kappa shape index (κ2) is 5.03. The van der Waals surface area contributed by atoms with E-state index in [1.165, 1.54) is 19.3 Å². The molecule has 0 aromatic heterocycles. The highest BCUT2D eigenvalue weighted by atomic mass is 79.9. The minimum atomic E-state index is 0.395. The zero-order valence-electron chi connectivity index (χ0n) is 7.52. The number of rotatable bonds is 4. The highest BCUT2D eigenvalue weighted by molar-refractivity contribution is 9.09. The summed E-state index contributed by atoms with van der Waals surface area (Å²) in [6.07, 6.45) is 6.82. The van der Waals surface area contributed by atoms with Crippen molar-refractivity contribution in [3.8, 4) is 0 Å². The number of ether oxygens (including phenoxy) is 1. The van der Waals surface area contributed by atoms with Crippen molar-refractivity contribution >= 4 is 15.9 Å². The van der Waals surface area contributed by atoms with Crippen LogP contribution in [0.1, 0.15) is 25.7 Å². The number of hydrogen-bond acceptors (Lipinski definition) is 1. The lowest BCUT2D eigenvalue weighted by molar-refractivity contribution is 0.00202. The molecule has 0 saturated carbocycles. The summed E-state index contributed by atoms with van der Waals surface area (Å²) in [5.74, 6) is 0. The molecule has 1 fully saturated rings. The van der Waals surface area contributed by atoms with Crippen molar-refractivity contribution in [2.45, 2.75) is 25.7 Å². The molecule has 70 valence electrons. The van der Waals surface area contributed by atoms with Crippen LogP contribution in [0.4, 0.5) is 0 Å². The highest BCUT2D eigenvalue weighted by Gasteiger charge is 2.30. The molecule has 1 nitrogen and oxygen atoms in total. The molecule has 0 aliphatic carbocycles. The molecule has 2 heteroatoms. The Labute approximate surface area is 83.3 Å². The van der Waals surface area contributed by atoms with Crippen LogP contribution in [-0.2, 0) is 4.74 Å². The monoisotopic (exact) mass is 232 g/mol. The standard InChI is InChI=1S/C10H17BrO/c1-2-3-5-10(8-11)6-4-7-12-9-10/h2H,1,3-9H2. The van der Waals surface area contributed by atoms with Crippen LogP contribution >= 0.6 is 15.9 Å². The van der Waals surface area contributed by atoms with Gasteiger partial charge in [-0.15, -0.1) is 6.58 Å². The van der Waals surface area contributed by atoms with Gasteiger partial charge in [0.25, 0.3) is 0 Å². The van der Waals surface area contributed by atoms with Gasteiger partial charge in [0, 0.05) is 17.4 Å². The van der Waals surface area contributed by atoms with Crippen LogP contribution in [0.3, 0.4) is 0 Å². The minimum absolute atomic E-state index is 0.395. The Bertz CT molecular complexity index is 139. The molecular weight excluding hydrogens is 216 g/mol. The van der Waals surface area contributed by atoms with E-state index in [9.17, 15) is 0 Å². The normalized spacial score (nSPS) is 30.1. The first-order valence-corrected chi connectivity index (χ1v) is 5.70. The molecule has 0 radical (unpaired) electrons. The number of halogens is 1. The average molecular weight is 233 g/mol. The Hall–Kier alpha value is 0.180. The van der Waals surface area contributed by atoms with Crippen molar-refractivity contribution in [3.05, 3.63) is 12.7 Å². The predicted molar refractivity (Wildman–Crippen MR) is 55.7 cm³/mol. The Morgan fingerprint density at radius 3 is 2.92 bits per heavy atom. The van der Waals surface area contributed by atoms with E-state index in [4.69, 9.17) is 4.74 Å². The fourth-order valence-corrected chi connectivity index (χ4v) is 2.41. The first kappa shape index (κ1) is 10.3. The van der Waals surface area contributed by atoms with Gasteiger partial charge in [-0.25, -0.2) is 0 Å². The number of alkyl halides is 1. The Kier molecular flexibility index (Phi) is 4.30. The number of allylic oxidation sites excluding steroid dienone is 1. The maximum absolute atomic E-state index is 5.51. The third kappa shape index (κ3) is 2.60. The first-order valence-electron chi connectivity index (χ1n) is 4.58. The molecule has 0 amide bonds. The molecule has 0 spiro atoms. The summed E-state index contributed by atoms with van der Waals surface area (Å²) in [4.78, 5) is 0. The zero-order chi connectivity index (χ0) is 8.86. The largest absolute Gasteiger partial charge is 0.381 e. The summed E-state index contributed by atoms with van der Waals surface area (Å²) < 4.78 is 5.51. The van der Waals surface area contributed by atoms with Gasteiger partial charge in [0.15, 0.2) is 0 Å². The Morgan fingerprint density at radius 1 is 1.58 bits per heavy atom. The molecule has 12 heavy (non-hydrogen) atoms. The van der Waals surface area contributed by atoms with Crippen LogP contribution in [0.5, 0.6) is 0 Å². The maximum Gasteiger partial charge on any atom is 0.0530 e. The lowest BCUT2D eigenvalue weighted by Crippen LogP contribution is -2.33. The van der Waals surface area contributed by atoms with E-state index < -0.39 is 0 Å². The van der Waals surface area contributed by atoms with E-state index in [1.54, 1.807) is 0 Å². The highest BCUT2D eigenvalue weighted by Crippen LogP contribution is 2.35. The first-order chi connectivity index (χ1) is 5.83. The van der Waals surface area contributed by atoms with Gasteiger partial charge in [-0.2, -0.15) is 0 Å². The van der Waals surface area contributed by atoms with Gasteiger partial charge in [-0.1, -0.05) is 22.0 Å². The number of hydrogen-bond donors (Lipinski definition) is 0. The smallest absolute Gasteiger partial charge is 0.0530 e. The van der Waals surface area contributed by atoms with Crippen LogP contribution in [-0.4, -0.2) is 18.5 Å². The molecule has 0 N–H and O–H groups in total. The molecule has 0 aromatic carbocycles. The van der Waals surface area contributed by atoms with Gasteiger partial charge < -0.3 is 4.74 Å². The molecule has 1 saturated heterocycles. The van der Waals surface area contributed by atoms with E-state index in [1.807, 2.05) is 6.08 Å². The average Bonchev–Trinajstić information content (AvgIpc) is 2.16. The zero-order valence-corrected chi connectivity index (χ0v) is 9.11. The third-order valence-electron chi connectivity index (χ3n) is 2.57. The topological polar surface area (TPSA) is 9.23 Å². The van der Waals surface area contributed by atoms with E-state index >= 15 is 0 Å². The second-order valence-electron chi connectivity index (χ2n) is 3.62. The van der Waals surface area contributed by atoms with E-state index in [2.05, 4.69) is 22.5 Å². The van der Waals surface area contributed by atoms with E-state index in [-0.39, 0.29) is 0 Å². The van der Waals surface area contributed by atoms with Crippen molar-refractivity contribution in [2.75, 3.05) is 18.5 Å². The molecule has 1 unspecified atom stereocenters. The summed E-state index contributed by atoms with van der Waals surface area (Å²) in [6, 6.07) is 0. The van der Waals surface area contributed by atoms with Gasteiger partial charge in [0.1, 0.15) is 0 Å². The van der Waals surface area contributed by atoms with Gasteiger partial charge in [-0.3, -0.25) is 0 Å². The minimum Gasteiger partial charge on any atom is -0.381 e. The molecule has 1 aliphatic rings. The molecule has 1 atom stereocenters. The van der Waals surface area contributed by atoms with Crippen LogP contribution in [0.15, 0.2) is 12.7 Å². The summed E-state index contributed by atoms with van der Waals surface area (Å²) in [6.45, 7) is 5.62. The second-order valence-corrected chi connectivity index (χ2v) is 4.18.